The number of aromatic carboxylic acids is 1. The van der Waals surface area contributed by atoms with Gasteiger partial charge in [-0.3, -0.25) is 0 Å². The Morgan fingerprint density at radius 1 is 1.41 bits per heavy atom. The molecule has 0 aliphatic rings. The van der Waals surface area contributed by atoms with E-state index in [1.54, 1.807) is 0 Å². The molecule has 0 heterocycles. The molecular formula is C12H13ClO4. The molecule has 0 spiro atoms. The summed E-state index contributed by atoms with van der Waals surface area (Å²) in [5.41, 5.74) is 0.448. The standard InChI is InChI=1S/C12H13ClO4/c1-3-4-7-9(13)6-5-8(12(16)17-2)10(7)11(14)15/h5-6H,3-4H2,1-2H3,(H,14,15). The molecule has 4 nitrogen and oxygen atoms in total. The second kappa shape index (κ2) is 5.68. The fourth-order valence-electron chi connectivity index (χ4n) is 1.64. The van der Waals surface area contributed by atoms with Crippen molar-refractivity contribution >= 4 is 23.5 Å². The van der Waals surface area contributed by atoms with Gasteiger partial charge < -0.3 is 9.84 Å². The zero-order chi connectivity index (χ0) is 13.0. The van der Waals surface area contributed by atoms with Gasteiger partial charge in [0.25, 0.3) is 0 Å². The van der Waals surface area contributed by atoms with Gasteiger partial charge in [0, 0.05) is 5.02 Å². The third-order valence-electron chi connectivity index (χ3n) is 2.37. The molecule has 1 aromatic carbocycles. The molecule has 0 saturated heterocycles. The van der Waals surface area contributed by atoms with Gasteiger partial charge in [-0.25, -0.2) is 9.59 Å². The monoisotopic (exact) mass is 256 g/mol. The van der Waals surface area contributed by atoms with E-state index in [1.807, 2.05) is 6.92 Å². The summed E-state index contributed by atoms with van der Waals surface area (Å²) in [6.07, 6.45) is 1.25. The van der Waals surface area contributed by atoms with Gasteiger partial charge in [0.2, 0.25) is 0 Å². The van der Waals surface area contributed by atoms with E-state index in [4.69, 9.17) is 11.6 Å². The van der Waals surface area contributed by atoms with Crippen molar-refractivity contribution < 1.29 is 19.4 Å². The number of ether oxygens (including phenoxy) is 1. The number of carbonyl (C=O) groups excluding carboxylic acids is 1. The number of carboxylic acid groups (broad SMARTS) is 1. The van der Waals surface area contributed by atoms with E-state index in [0.717, 1.165) is 6.42 Å². The van der Waals surface area contributed by atoms with Crippen LogP contribution in [0.5, 0.6) is 0 Å². The molecule has 1 rings (SSSR count). The molecule has 0 saturated carbocycles. The highest BCUT2D eigenvalue weighted by Crippen LogP contribution is 2.25. The first-order chi connectivity index (χ1) is 8.02. The summed E-state index contributed by atoms with van der Waals surface area (Å²) in [6.45, 7) is 1.91. The molecule has 1 aromatic rings. The summed E-state index contributed by atoms with van der Waals surface area (Å²) >= 11 is 5.96. The SMILES string of the molecule is CCCc1c(Cl)ccc(C(=O)OC)c1C(=O)O. The molecule has 0 amide bonds. The molecule has 0 aromatic heterocycles. The molecule has 0 atom stereocenters. The Hall–Kier alpha value is -1.55. The van der Waals surface area contributed by atoms with Gasteiger partial charge in [-0.2, -0.15) is 0 Å². The lowest BCUT2D eigenvalue weighted by molar-refractivity contribution is 0.0582. The summed E-state index contributed by atoms with van der Waals surface area (Å²) in [4.78, 5) is 22.7. The lowest BCUT2D eigenvalue weighted by Gasteiger charge is -2.11. The Bertz CT molecular complexity index is 454. The van der Waals surface area contributed by atoms with Gasteiger partial charge in [0.15, 0.2) is 0 Å². The van der Waals surface area contributed by atoms with Crippen molar-refractivity contribution in [1.82, 2.24) is 0 Å². The first kappa shape index (κ1) is 13.5. The third kappa shape index (κ3) is 2.77. The van der Waals surface area contributed by atoms with Crippen LogP contribution in [0.25, 0.3) is 0 Å². The summed E-state index contributed by atoms with van der Waals surface area (Å²) in [6, 6.07) is 2.89. The summed E-state index contributed by atoms with van der Waals surface area (Å²) in [7, 11) is 1.21. The van der Waals surface area contributed by atoms with E-state index in [2.05, 4.69) is 4.74 Å². The molecule has 92 valence electrons. The predicted octanol–water partition coefficient (Wildman–Crippen LogP) is 2.78. The van der Waals surface area contributed by atoms with Gasteiger partial charge in [0.05, 0.1) is 18.2 Å². The molecule has 0 aliphatic heterocycles. The fourth-order valence-corrected chi connectivity index (χ4v) is 1.89. The molecule has 0 aliphatic carbocycles. The highest BCUT2D eigenvalue weighted by atomic mass is 35.5. The Kier molecular flexibility index (Phi) is 4.52. The van der Waals surface area contributed by atoms with Gasteiger partial charge in [-0.05, 0) is 24.1 Å². The molecule has 0 bridgehead atoms. The maximum absolute atomic E-state index is 11.5. The van der Waals surface area contributed by atoms with Crippen LogP contribution >= 0.6 is 11.6 Å². The van der Waals surface area contributed by atoms with Crippen LogP contribution in [0.3, 0.4) is 0 Å². The average molecular weight is 257 g/mol. The van der Waals surface area contributed by atoms with Crippen LogP contribution in [-0.4, -0.2) is 24.2 Å². The van der Waals surface area contributed by atoms with E-state index >= 15 is 0 Å². The Morgan fingerprint density at radius 2 is 2.06 bits per heavy atom. The largest absolute Gasteiger partial charge is 0.478 e. The van der Waals surface area contributed by atoms with Crippen LogP contribution in [0.1, 0.15) is 39.6 Å². The number of hydrogen-bond donors (Lipinski definition) is 1. The molecule has 17 heavy (non-hydrogen) atoms. The lowest BCUT2D eigenvalue weighted by Crippen LogP contribution is -2.13. The smallest absolute Gasteiger partial charge is 0.338 e. The number of rotatable bonds is 4. The third-order valence-corrected chi connectivity index (χ3v) is 2.73. The van der Waals surface area contributed by atoms with Crippen LogP contribution in [0.2, 0.25) is 5.02 Å². The van der Waals surface area contributed by atoms with Crippen molar-refractivity contribution in [2.24, 2.45) is 0 Å². The van der Waals surface area contributed by atoms with Crippen molar-refractivity contribution in [2.45, 2.75) is 19.8 Å². The first-order valence-corrected chi connectivity index (χ1v) is 5.53. The predicted molar refractivity (Wildman–Crippen MR) is 63.7 cm³/mol. The lowest BCUT2D eigenvalue weighted by atomic mass is 9.97. The number of carboxylic acids is 1. The molecule has 0 fully saturated rings. The van der Waals surface area contributed by atoms with E-state index in [9.17, 15) is 14.7 Å². The van der Waals surface area contributed by atoms with Gasteiger partial charge in [0.1, 0.15) is 0 Å². The highest BCUT2D eigenvalue weighted by molar-refractivity contribution is 6.32. The van der Waals surface area contributed by atoms with Crippen molar-refractivity contribution in [3.05, 3.63) is 33.8 Å². The number of esters is 1. The Labute approximate surface area is 104 Å². The molecule has 1 N–H and O–H groups in total. The summed E-state index contributed by atoms with van der Waals surface area (Å²) < 4.78 is 4.55. The minimum absolute atomic E-state index is 0.0350. The number of hydrogen-bond acceptors (Lipinski definition) is 3. The van der Waals surface area contributed by atoms with E-state index in [-0.39, 0.29) is 11.1 Å². The summed E-state index contributed by atoms with van der Waals surface area (Å²) in [5, 5.41) is 9.53. The van der Waals surface area contributed by atoms with Crippen LogP contribution in [0.15, 0.2) is 12.1 Å². The van der Waals surface area contributed by atoms with Crippen LogP contribution in [-0.2, 0) is 11.2 Å². The second-order valence-corrected chi connectivity index (χ2v) is 3.90. The van der Waals surface area contributed by atoms with E-state index in [1.165, 1.54) is 19.2 Å². The zero-order valence-electron chi connectivity index (χ0n) is 9.62. The number of carbonyl (C=O) groups is 2. The quantitative estimate of drug-likeness (QED) is 0.842. The van der Waals surface area contributed by atoms with Gasteiger partial charge in [-0.15, -0.1) is 0 Å². The number of methoxy groups -OCH3 is 1. The molecular weight excluding hydrogens is 244 g/mol. The van der Waals surface area contributed by atoms with Crippen LogP contribution < -0.4 is 0 Å². The maximum atomic E-state index is 11.5. The fraction of sp³-hybridized carbons (Fsp3) is 0.333. The maximum Gasteiger partial charge on any atom is 0.338 e. The molecule has 5 heteroatoms. The van der Waals surface area contributed by atoms with Gasteiger partial charge >= 0.3 is 11.9 Å². The highest BCUT2D eigenvalue weighted by Gasteiger charge is 2.22. The molecule has 0 radical (unpaired) electrons. The topological polar surface area (TPSA) is 63.6 Å². The molecule has 0 unspecified atom stereocenters. The Morgan fingerprint density at radius 3 is 2.53 bits per heavy atom. The minimum atomic E-state index is -1.17. The Balaban J connectivity index is 3.47. The summed E-state index contributed by atoms with van der Waals surface area (Å²) in [5.74, 6) is -1.84. The van der Waals surface area contributed by atoms with Crippen molar-refractivity contribution in [2.75, 3.05) is 7.11 Å². The van der Waals surface area contributed by atoms with Crippen LogP contribution in [0, 0.1) is 0 Å². The number of benzene rings is 1. The van der Waals surface area contributed by atoms with Crippen LogP contribution in [0.4, 0.5) is 0 Å². The van der Waals surface area contributed by atoms with Crippen molar-refractivity contribution in [3.63, 3.8) is 0 Å². The normalized spacial score (nSPS) is 10.1. The minimum Gasteiger partial charge on any atom is -0.478 e. The average Bonchev–Trinajstić information content (AvgIpc) is 2.30. The van der Waals surface area contributed by atoms with Gasteiger partial charge in [-0.1, -0.05) is 24.9 Å². The number of halogens is 1. The zero-order valence-corrected chi connectivity index (χ0v) is 10.4. The second-order valence-electron chi connectivity index (χ2n) is 3.50. The first-order valence-electron chi connectivity index (χ1n) is 5.15. The van der Waals surface area contributed by atoms with E-state index in [0.29, 0.717) is 17.0 Å². The van der Waals surface area contributed by atoms with Crippen molar-refractivity contribution in [1.29, 1.82) is 0 Å². The van der Waals surface area contributed by atoms with E-state index < -0.39 is 11.9 Å². The van der Waals surface area contributed by atoms with Crippen molar-refractivity contribution in [3.8, 4) is 0 Å².